The first-order valence-corrected chi connectivity index (χ1v) is 12.2. The number of amides is 1. The molecule has 1 atom stereocenters. The first kappa shape index (κ1) is 26.2. The van der Waals surface area contributed by atoms with E-state index >= 15 is 0 Å². The number of aryl methyl sites for hydroxylation is 1. The summed E-state index contributed by atoms with van der Waals surface area (Å²) in [7, 11) is 0. The van der Waals surface area contributed by atoms with Gasteiger partial charge >= 0.3 is 0 Å². The van der Waals surface area contributed by atoms with Crippen LogP contribution in [0.2, 0.25) is 0 Å². The molecule has 6 nitrogen and oxygen atoms in total. The van der Waals surface area contributed by atoms with Crippen molar-refractivity contribution in [1.29, 1.82) is 0 Å². The van der Waals surface area contributed by atoms with Crippen molar-refractivity contribution < 1.29 is 19.4 Å². The van der Waals surface area contributed by atoms with E-state index < -0.39 is 17.7 Å². The molecule has 186 valence electrons. The number of Topliss-reactive ketones (excluding diaryl/α,β-unsaturated/α-hetero) is 1. The summed E-state index contributed by atoms with van der Waals surface area (Å²) in [5, 5.41) is 11.2. The van der Waals surface area contributed by atoms with Gasteiger partial charge in [0.2, 0.25) is 0 Å². The average molecular weight is 477 g/mol. The number of likely N-dealkylation sites (tertiary alicyclic amines) is 1. The molecule has 0 aromatic heterocycles. The summed E-state index contributed by atoms with van der Waals surface area (Å²) in [5.74, 6) is -0.789. The van der Waals surface area contributed by atoms with Crippen LogP contribution in [0.15, 0.2) is 66.3 Å². The fraction of sp³-hybridized carbons (Fsp3) is 0.379. The summed E-state index contributed by atoms with van der Waals surface area (Å²) in [6.07, 6.45) is 0.724. The van der Waals surface area contributed by atoms with Gasteiger partial charge in [0, 0.05) is 12.1 Å². The second-order valence-electron chi connectivity index (χ2n) is 9.06. The SMILES string of the molecule is C=C(C)COc1cccc([C@@H]2C(=C(O)c3ccc(C)cc3)C(=O)C(=O)N2CCCN(CC)CC)c1. The number of ether oxygens (including phenoxy) is 1. The summed E-state index contributed by atoms with van der Waals surface area (Å²) in [6.45, 7) is 15.4. The number of rotatable bonds is 11. The second kappa shape index (κ2) is 11.8. The molecule has 35 heavy (non-hydrogen) atoms. The lowest BCUT2D eigenvalue weighted by atomic mass is 9.95. The van der Waals surface area contributed by atoms with Crippen molar-refractivity contribution in [2.24, 2.45) is 0 Å². The number of ketones is 1. The quantitative estimate of drug-likeness (QED) is 0.211. The van der Waals surface area contributed by atoms with Crippen molar-refractivity contribution in [1.82, 2.24) is 9.80 Å². The topological polar surface area (TPSA) is 70.1 Å². The molecule has 0 bridgehead atoms. The molecular formula is C29H36N2O4. The Morgan fingerprint density at radius 2 is 1.80 bits per heavy atom. The van der Waals surface area contributed by atoms with Gasteiger partial charge in [-0.05, 0) is 63.2 Å². The third-order valence-corrected chi connectivity index (χ3v) is 6.29. The maximum Gasteiger partial charge on any atom is 0.295 e. The molecule has 0 saturated carbocycles. The number of benzene rings is 2. The fourth-order valence-electron chi connectivity index (χ4n) is 4.31. The van der Waals surface area contributed by atoms with Crippen molar-refractivity contribution >= 4 is 17.4 Å². The highest BCUT2D eigenvalue weighted by Gasteiger charge is 2.45. The molecule has 1 fully saturated rings. The van der Waals surface area contributed by atoms with Crippen molar-refractivity contribution in [3.05, 3.63) is 82.9 Å². The average Bonchev–Trinajstić information content (AvgIpc) is 3.10. The molecule has 0 unspecified atom stereocenters. The maximum atomic E-state index is 13.2. The van der Waals surface area contributed by atoms with Crippen molar-refractivity contribution in [3.8, 4) is 5.75 Å². The minimum Gasteiger partial charge on any atom is -0.507 e. The van der Waals surface area contributed by atoms with Crippen LogP contribution in [0, 0.1) is 6.92 Å². The lowest BCUT2D eigenvalue weighted by Crippen LogP contribution is -2.33. The minimum absolute atomic E-state index is 0.110. The van der Waals surface area contributed by atoms with E-state index in [1.807, 2.05) is 50.2 Å². The number of nitrogens with zero attached hydrogens (tertiary/aromatic N) is 2. The van der Waals surface area contributed by atoms with Crippen LogP contribution in [0.4, 0.5) is 0 Å². The fourth-order valence-corrected chi connectivity index (χ4v) is 4.31. The zero-order valence-electron chi connectivity index (χ0n) is 21.2. The number of carbonyl (C=O) groups excluding carboxylic acids is 2. The molecule has 1 N–H and O–H groups in total. The van der Waals surface area contributed by atoms with Crippen LogP contribution in [-0.4, -0.2) is 59.4 Å². The van der Waals surface area contributed by atoms with Crippen LogP contribution in [-0.2, 0) is 9.59 Å². The second-order valence-corrected chi connectivity index (χ2v) is 9.06. The van der Waals surface area contributed by atoms with Crippen LogP contribution >= 0.6 is 0 Å². The summed E-state index contributed by atoms with van der Waals surface area (Å²) in [4.78, 5) is 30.3. The highest BCUT2D eigenvalue weighted by atomic mass is 16.5. The Hall–Kier alpha value is -3.38. The lowest BCUT2D eigenvalue weighted by molar-refractivity contribution is -0.140. The Kier molecular flexibility index (Phi) is 8.88. The van der Waals surface area contributed by atoms with Gasteiger partial charge in [-0.1, -0.05) is 62.4 Å². The zero-order valence-corrected chi connectivity index (χ0v) is 21.2. The van der Waals surface area contributed by atoms with E-state index in [1.54, 1.807) is 17.0 Å². The number of aliphatic hydroxyl groups is 1. The Labute approximate surface area is 208 Å². The molecule has 2 aromatic carbocycles. The zero-order chi connectivity index (χ0) is 25.5. The Morgan fingerprint density at radius 1 is 1.11 bits per heavy atom. The molecule has 0 radical (unpaired) electrons. The van der Waals surface area contributed by atoms with E-state index in [0.29, 0.717) is 24.5 Å². The van der Waals surface area contributed by atoms with E-state index in [1.165, 1.54) is 0 Å². The van der Waals surface area contributed by atoms with Gasteiger partial charge in [-0.3, -0.25) is 9.59 Å². The number of carbonyl (C=O) groups is 2. The van der Waals surface area contributed by atoms with Crippen molar-refractivity contribution in [2.75, 3.05) is 32.8 Å². The molecule has 1 aliphatic rings. The summed E-state index contributed by atoms with van der Waals surface area (Å²) in [5.41, 5.74) is 3.27. The summed E-state index contributed by atoms with van der Waals surface area (Å²) >= 11 is 0. The van der Waals surface area contributed by atoms with Crippen LogP contribution < -0.4 is 4.74 Å². The van der Waals surface area contributed by atoms with E-state index in [2.05, 4.69) is 25.3 Å². The number of hydrogen-bond acceptors (Lipinski definition) is 5. The predicted octanol–water partition coefficient (Wildman–Crippen LogP) is 5.10. The number of aliphatic hydroxyl groups excluding tert-OH is 1. The lowest BCUT2D eigenvalue weighted by Gasteiger charge is -2.27. The van der Waals surface area contributed by atoms with Crippen LogP contribution in [0.5, 0.6) is 5.75 Å². The van der Waals surface area contributed by atoms with Crippen LogP contribution in [0.3, 0.4) is 0 Å². The van der Waals surface area contributed by atoms with E-state index in [-0.39, 0.29) is 11.3 Å². The normalized spacial score (nSPS) is 17.3. The monoisotopic (exact) mass is 476 g/mol. The standard InChI is InChI=1S/C29H36N2O4/c1-6-30(7-2)16-9-17-31-26(23-10-8-11-24(18-23)35-19-20(3)4)25(28(33)29(31)34)27(32)22-14-12-21(5)13-15-22/h8,10-15,18,26,32H,3,6-7,9,16-17,19H2,1-2,4-5H3/t26-/m1/s1. The smallest absolute Gasteiger partial charge is 0.295 e. The number of hydrogen-bond donors (Lipinski definition) is 1. The van der Waals surface area contributed by atoms with Gasteiger partial charge in [-0.25, -0.2) is 0 Å². The molecular weight excluding hydrogens is 440 g/mol. The third-order valence-electron chi connectivity index (χ3n) is 6.29. The van der Waals surface area contributed by atoms with Gasteiger partial charge < -0.3 is 19.6 Å². The van der Waals surface area contributed by atoms with E-state index in [0.717, 1.165) is 42.8 Å². The van der Waals surface area contributed by atoms with Gasteiger partial charge in [0.25, 0.3) is 11.7 Å². The van der Waals surface area contributed by atoms with Gasteiger partial charge in [-0.2, -0.15) is 0 Å². The molecule has 1 saturated heterocycles. The molecule has 6 heteroatoms. The minimum atomic E-state index is -0.693. The van der Waals surface area contributed by atoms with E-state index in [4.69, 9.17) is 4.74 Å². The molecule has 1 aliphatic heterocycles. The molecule has 0 aliphatic carbocycles. The van der Waals surface area contributed by atoms with Crippen molar-refractivity contribution in [3.63, 3.8) is 0 Å². The van der Waals surface area contributed by atoms with Gasteiger partial charge in [0.1, 0.15) is 18.1 Å². The highest BCUT2D eigenvalue weighted by molar-refractivity contribution is 6.46. The van der Waals surface area contributed by atoms with Crippen LogP contribution in [0.25, 0.3) is 5.76 Å². The van der Waals surface area contributed by atoms with Crippen LogP contribution in [0.1, 0.15) is 49.9 Å². The van der Waals surface area contributed by atoms with Gasteiger partial charge in [0.15, 0.2) is 0 Å². The summed E-state index contributed by atoms with van der Waals surface area (Å²) in [6, 6.07) is 13.9. The molecule has 3 rings (SSSR count). The largest absolute Gasteiger partial charge is 0.507 e. The molecule has 1 heterocycles. The van der Waals surface area contributed by atoms with Gasteiger partial charge in [0.05, 0.1) is 11.6 Å². The Bertz CT molecular complexity index is 1100. The highest BCUT2D eigenvalue weighted by Crippen LogP contribution is 2.40. The molecule has 1 amide bonds. The molecule has 2 aromatic rings. The molecule has 0 spiro atoms. The van der Waals surface area contributed by atoms with E-state index in [9.17, 15) is 14.7 Å². The van der Waals surface area contributed by atoms with Crippen molar-refractivity contribution in [2.45, 2.75) is 40.2 Å². The summed E-state index contributed by atoms with van der Waals surface area (Å²) < 4.78 is 5.82. The first-order valence-electron chi connectivity index (χ1n) is 12.2. The maximum absolute atomic E-state index is 13.2. The Morgan fingerprint density at radius 3 is 2.43 bits per heavy atom. The first-order chi connectivity index (χ1) is 16.8. The Balaban J connectivity index is 2.03. The predicted molar refractivity (Wildman–Crippen MR) is 139 cm³/mol. The van der Waals surface area contributed by atoms with Gasteiger partial charge in [-0.15, -0.1) is 0 Å². The third kappa shape index (κ3) is 6.20.